The summed E-state index contributed by atoms with van der Waals surface area (Å²) in [5, 5.41) is 3.23. The van der Waals surface area contributed by atoms with E-state index in [1.54, 1.807) is 6.20 Å². The van der Waals surface area contributed by atoms with Crippen molar-refractivity contribution in [1.29, 1.82) is 0 Å². The number of nitrogens with zero attached hydrogens (tertiary/aromatic N) is 2. The lowest BCUT2D eigenvalue weighted by Gasteiger charge is -2.11. The highest BCUT2D eigenvalue weighted by atomic mass is 16.4. The van der Waals surface area contributed by atoms with Crippen LogP contribution in [-0.4, -0.2) is 17.0 Å². The van der Waals surface area contributed by atoms with Gasteiger partial charge in [0, 0.05) is 12.5 Å². The molecule has 0 aliphatic heterocycles. The van der Waals surface area contributed by atoms with E-state index in [1.165, 1.54) is 25.7 Å². The number of nitrogens with one attached hydrogen (secondary N) is 1. The minimum absolute atomic E-state index is 0.408. The van der Waals surface area contributed by atoms with Crippen molar-refractivity contribution < 1.29 is 4.42 Å². The third-order valence-corrected chi connectivity index (χ3v) is 3.04. The van der Waals surface area contributed by atoms with E-state index < -0.39 is 0 Å². The molecule has 1 aliphatic rings. The van der Waals surface area contributed by atoms with Gasteiger partial charge in [-0.3, -0.25) is 0 Å². The first-order valence-corrected chi connectivity index (χ1v) is 6.28. The minimum Gasteiger partial charge on any atom is -0.444 e. The fourth-order valence-electron chi connectivity index (χ4n) is 2.06. The third kappa shape index (κ3) is 3.47. The minimum atomic E-state index is 0.408. The summed E-state index contributed by atoms with van der Waals surface area (Å²) in [5.74, 6) is 2.00. The summed E-state index contributed by atoms with van der Waals surface area (Å²) >= 11 is 0. The summed E-state index contributed by atoms with van der Waals surface area (Å²) in [6, 6.07) is 0.495. The van der Waals surface area contributed by atoms with E-state index >= 15 is 0 Å². The van der Waals surface area contributed by atoms with Crippen LogP contribution in [0.1, 0.15) is 44.3 Å². The lowest BCUT2D eigenvalue weighted by Crippen LogP contribution is -2.38. The van der Waals surface area contributed by atoms with Gasteiger partial charge in [0.15, 0.2) is 5.96 Å². The van der Waals surface area contributed by atoms with Gasteiger partial charge in [-0.1, -0.05) is 19.8 Å². The zero-order chi connectivity index (χ0) is 12.1. The van der Waals surface area contributed by atoms with E-state index in [0.717, 1.165) is 12.2 Å². The number of rotatable bonds is 4. The fourth-order valence-corrected chi connectivity index (χ4v) is 2.06. The Morgan fingerprint density at radius 2 is 2.35 bits per heavy atom. The number of guanidine groups is 1. The monoisotopic (exact) mass is 236 g/mol. The number of nitrogens with two attached hydrogens (primary N) is 1. The average Bonchev–Trinajstić information content (AvgIpc) is 2.96. The molecule has 5 heteroatoms. The predicted molar refractivity (Wildman–Crippen MR) is 66.6 cm³/mol. The molecule has 0 radical (unpaired) electrons. The summed E-state index contributed by atoms with van der Waals surface area (Å²) in [5.41, 5.74) is 5.81. The van der Waals surface area contributed by atoms with Gasteiger partial charge in [0.2, 0.25) is 5.89 Å². The van der Waals surface area contributed by atoms with E-state index in [4.69, 9.17) is 10.2 Å². The molecule has 1 heterocycles. The lowest BCUT2D eigenvalue weighted by molar-refractivity contribution is 0.460. The van der Waals surface area contributed by atoms with E-state index in [-0.39, 0.29) is 0 Å². The zero-order valence-corrected chi connectivity index (χ0v) is 10.3. The van der Waals surface area contributed by atoms with Gasteiger partial charge in [-0.2, -0.15) is 0 Å². The Bertz CT molecular complexity index is 380. The standard InChI is InChI=1S/C12H20N4O/c1-2-10-7-14-11(17-10)8-15-12(13)16-9-5-3-4-6-9/h7,9H,2-6,8H2,1H3,(H3,13,15,16). The van der Waals surface area contributed by atoms with Gasteiger partial charge in [0.05, 0.1) is 6.20 Å². The molecular weight excluding hydrogens is 216 g/mol. The number of hydrogen-bond donors (Lipinski definition) is 2. The molecule has 1 fully saturated rings. The molecule has 17 heavy (non-hydrogen) atoms. The van der Waals surface area contributed by atoms with Crippen LogP contribution >= 0.6 is 0 Å². The number of oxazole rings is 1. The molecule has 0 bridgehead atoms. The van der Waals surface area contributed by atoms with Crippen molar-refractivity contribution in [1.82, 2.24) is 10.3 Å². The van der Waals surface area contributed by atoms with Crippen molar-refractivity contribution >= 4 is 5.96 Å². The molecule has 0 atom stereocenters. The Kier molecular flexibility index (Phi) is 4.01. The van der Waals surface area contributed by atoms with Crippen LogP contribution in [0, 0.1) is 0 Å². The summed E-state index contributed by atoms with van der Waals surface area (Å²) < 4.78 is 5.45. The third-order valence-electron chi connectivity index (χ3n) is 3.04. The van der Waals surface area contributed by atoms with Crippen molar-refractivity contribution in [2.75, 3.05) is 0 Å². The van der Waals surface area contributed by atoms with Gasteiger partial charge in [-0.05, 0) is 12.8 Å². The molecule has 1 saturated carbocycles. The van der Waals surface area contributed by atoms with Crippen LogP contribution in [0.2, 0.25) is 0 Å². The predicted octanol–water partition coefficient (Wildman–Crippen LogP) is 1.58. The first-order chi connectivity index (χ1) is 8.28. The lowest BCUT2D eigenvalue weighted by atomic mass is 10.2. The van der Waals surface area contributed by atoms with E-state index in [9.17, 15) is 0 Å². The van der Waals surface area contributed by atoms with Crippen LogP contribution in [0.3, 0.4) is 0 Å². The van der Waals surface area contributed by atoms with Crippen molar-refractivity contribution in [3.63, 3.8) is 0 Å². The van der Waals surface area contributed by atoms with Crippen molar-refractivity contribution in [3.05, 3.63) is 17.8 Å². The smallest absolute Gasteiger partial charge is 0.216 e. The topological polar surface area (TPSA) is 76.4 Å². The summed E-state index contributed by atoms with van der Waals surface area (Å²) in [4.78, 5) is 8.37. The summed E-state index contributed by atoms with van der Waals surface area (Å²) in [6.45, 7) is 2.44. The Morgan fingerprint density at radius 1 is 1.59 bits per heavy atom. The molecule has 1 aromatic heterocycles. The maximum atomic E-state index is 5.81. The van der Waals surface area contributed by atoms with E-state index in [1.807, 2.05) is 6.92 Å². The normalized spacial score (nSPS) is 17.6. The molecule has 0 aromatic carbocycles. The highest BCUT2D eigenvalue weighted by Crippen LogP contribution is 2.17. The molecule has 5 nitrogen and oxygen atoms in total. The van der Waals surface area contributed by atoms with Crippen LogP contribution in [0.5, 0.6) is 0 Å². The van der Waals surface area contributed by atoms with Crippen LogP contribution in [-0.2, 0) is 13.0 Å². The highest BCUT2D eigenvalue weighted by molar-refractivity contribution is 5.78. The van der Waals surface area contributed by atoms with Gasteiger partial charge >= 0.3 is 0 Å². The van der Waals surface area contributed by atoms with Crippen LogP contribution in [0.15, 0.2) is 15.6 Å². The maximum absolute atomic E-state index is 5.81. The number of aryl methyl sites for hydroxylation is 1. The summed E-state index contributed by atoms with van der Waals surface area (Å²) in [6.07, 6.45) is 7.54. The summed E-state index contributed by atoms with van der Waals surface area (Å²) in [7, 11) is 0. The fraction of sp³-hybridized carbons (Fsp3) is 0.667. The van der Waals surface area contributed by atoms with E-state index in [2.05, 4.69) is 15.3 Å². The number of hydrogen-bond acceptors (Lipinski definition) is 3. The molecular formula is C12H20N4O. The molecule has 3 N–H and O–H groups in total. The van der Waals surface area contributed by atoms with Crippen LogP contribution in [0.25, 0.3) is 0 Å². The van der Waals surface area contributed by atoms with Crippen molar-refractivity contribution in [2.45, 2.75) is 51.6 Å². The van der Waals surface area contributed by atoms with Crippen molar-refractivity contribution in [2.24, 2.45) is 10.7 Å². The number of aromatic nitrogens is 1. The quantitative estimate of drug-likeness (QED) is 0.614. The Hall–Kier alpha value is -1.52. The molecule has 2 rings (SSSR count). The Morgan fingerprint density at radius 3 is 3.00 bits per heavy atom. The Balaban J connectivity index is 1.82. The molecule has 0 saturated heterocycles. The van der Waals surface area contributed by atoms with Crippen LogP contribution < -0.4 is 11.1 Å². The van der Waals surface area contributed by atoms with Gasteiger partial charge in [0.1, 0.15) is 12.3 Å². The van der Waals surface area contributed by atoms with E-state index in [0.29, 0.717) is 24.4 Å². The van der Waals surface area contributed by atoms with Gasteiger partial charge in [-0.25, -0.2) is 9.98 Å². The molecule has 94 valence electrons. The second kappa shape index (κ2) is 5.70. The Labute approximate surface area is 102 Å². The van der Waals surface area contributed by atoms with Crippen LogP contribution in [0.4, 0.5) is 0 Å². The molecule has 0 spiro atoms. The molecule has 0 unspecified atom stereocenters. The first-order valence-electron chi connectivity index (χ1n) is 6.28. The average molecular weight is 236 g/mol. The number of aliphatic imine (C=N–C) groups is 1. The maximum Gasteiger partial charge on any atom is 0.216 e. The zero-order valence-electron chi connectivity index (χ0n) is 10.3. The van der Waals surface area contributed by atoms with Gasteiger partial charge < -0.3 is 15.5 Å². The second-order valence-electron chi connectivity index (χ2n) is 4.40. The molecule has 1 aromatic rings. The van der Waals surface area contributed by atoms with Crippen molar-refractivity contribution in [3.8, 4) is 0 Å². The first kappa shape index (κ1) is 12.0. The SMILES string of the molecule is CCc1cnc(CN=C(N)NC2CCCC2)o1. The highest BCUT2D eigenvalue weighted by Gasteiger charge is 2.14. The largest absolute Gasteiger partial charge is 0.444 e. The molecule has 1 aliphatic carbocycles. The molecule has 0 amide bonds. The van der Waals surface area contributed by atoms with Gasteiger partial charge in [-0.15, -0.1) is 0 Å². The second-order valence-corrected chi connectivity index (χ2v) is 4.40. The van der Waals surface area contributed by atoms with Gasteiger partial charge in [0.25, 0.3) is 0 Å².